The van der Waals surface area contributed by atoms with Crippen LogP contribution in [0.5, 0.6) is 0 Å². The van der Waals surface area contributed by atoms with Gasteiger partial charge in [-0.3, -0.25) is 0 Å². The van der Waals surface area contributed by atoms with Crippen molar-refractivity contribution >= 4 is 33.1 Å². The van der Waals surface area contributed by atoms with Crippen molar-refractivity contribution in [3.8, 4) is 0 Å². The van der Waals surface area contributed by atoms with Crippen LogP contribution in [0.4, 0.5) is 19.5 Å². The van der Waals surface area contributed by atoms with Crippen LogP contribution >= 0.6 is 0 Å². The molecule has 4 atom stereocenters. The summed E-state index contributed by atoms with van der Waals surface area (Å²) in [5.41, 5.74) is -0.141. The highest BCUT2D eigenvalue weighted by Crippen LogP contribution is 2.34. The summed E-state index contributed by atoms with van der Waals surface area (Å²) >= 11 is 0. The van der Waals surface area contributed by atoms with Crippen molar-refractivity contribution < 1.29 is 26.7 Å². The monoisotopic (exact) mass is 540 g/mol. The van der Waals surface area contributed by atoms with Crippen LogP contribution in [0.2, 0.25) is 0 Å². The van der Waals surface area contributed by atoms with Crippen LogP contribution < -0.4 is 5.32 Å². The Kier molecular flexibility index (Phi) is 6.80. The standard InChI is InChI=1S/C24H34F2N6O4S/c1-24(2,3)36-23(33)30-9-8-20(18(26)13-30)32-11-6-15-12-27-22(29-21(15)32)28-19-7-10-31(14-17(19)25)37(34,35)16-4-5-16/h6,11-12,16-20H,4-5,7-10,13-14H2,1-3H3,(H,27,28,29)/t17-,18+,19-,20-/m1/s1. The molecule has 1 saturated carbocycles. The van der Waals surface area contributed by atoms with Gasteiger partial charge in [0, 0.05) is 37.4 Å². The summed E-state index contributed by atoms with van der Waals surface area (Å²) in [5, 5.41) is 3.37. The number of amides is 1. The van der Waals surface area contributed by atoms with Gasteiger partial charge < -0.3 is 19.5 Å². The molecule has 1 aliphatic carbocycles. The summed E-state index contributed by atoms with van der Waals surface area (Å²) in [6.45, 7) is 5.64. The number of alkyl halides is 2. The van der Waals surface area contributed by atoms with Crippen LogP contribution in [0, 0.1) is 0 Å². The summed E-state index contributed by atoms with van der Waals surface area (Å²) in [7, 11) is -3.42. The molecule has 0 radical (unpaired) electrons. The Morgan fingerprint density at radius 3 is 2.51 bits per heavy atom. The molecule has 2 aromatic rings. The van der Waals surface area contributed by atoms with Gasteiger partial charge in [0.2, 0.25) is 16.0 Å². The zero-order valence-corrected chi connectivity index (χ0v) is 22.1. The molecular formula is C24H34F2N6O4S. The first-order valence-corrected chi connectivity index (χ1v) is 14.3. The van der Waals surface area contributed by atoms with Crippen molar-refractivity contribution in [2.24, 2.45) is 0 Å². The lowest BCUT2D eigenvalue weighted by molar-refractivity contribution is 0.00705. The quantitative estimate of drug-likeness (QED) is 0.620. The summed E-state index contributed by atoms with van der Waals surface area (Å²) in [4.78, 5) is 22.6. The highest BCUT2D eigenvalue weighted by Gasteiger charge is 2.43. The predicted octanol–water partition coefficient (Wildman–Crippen LogP) is 3.27. The molecule has 4 heterocycles. The van der Waals surface area contributed by atoms with E-state index >= 15 is 4.39 Å². The Morgan fingerprint density at radius 2 is 1.86 bits per heavy atom. The minimum atomic E-state index is -3.42. The third kappa shape index (κ3) is 5.52. The van der Waals surface area contributed by atoms with Crippen molar-refractivity contribution in [3.05, 3.63) is 18.5 Å². The first-order chi connectivity index (χ1) is 17.4. The molecule has 0 unspecified atom stereocenters. The van der Waals surface area contributed by atoms with Gasteiger partial charge in [-0.05, 0) is 52.5 Å². The third-order valence-electron chi connectivity index (χ3n) is 7.10. The molecule has 0 bridgehead atoms. The minimum Gasteiger partial charge on any atom is -0.444 e. The maximum absolute atomic E-state index is 15.3. The van der Waals surface area contributed by atoms with Crippen molar-refractivity contribution in [1.29, 1.82) is 0 Å². The summed E-state index contributed by atoms with van der Waals surface area (Å²) in [6, 6.07) is 0.645. The molecule has 37 heavy (non-hydrogen) atoms. The molecular weight excluding hydrogens is 506 g/mol. The normalized spacial score (nSPS) is 27.9. The number of nitrogens with zero attached hydrogens (tertiary/aromatic N) is 5. The van der Waals surface area contributed by atoms with E-state index in [1.54, 1.807) is 43.8 Å². The fourth-order valence-electron chi connectivity index (χ4n) is 4.99. The topological polar surface area (TPSA) is 110 Å². The zero-order valence-electron chi connectivity index (χ0n) is 21.3. The van der Waals surface area contributed by atoms with E-state index in [1.165, 1.54) is 9.21 Å². The van der Waals surface area contributed by atoms with Crippen LogP contribution in [-0.4, -0.2) is 93.7 Å². The molecule has 1 amide bonds. The third-order valence-corrected chi connectivity index (χ3v) is 9.46. The van der Waals surface area contributed by atoms with Gasteiger partial charge in [-0.2, -0.15) is 9.29 Å². The summed E-state index contributed by atoms with van der Waals surface area (Å²) < 4.78 is 63.5. The number of likely N-dealkylation sites (tertiary alicyclic amines) is 1. The zero-order chi connectivity index (χ0) is 26.5. The average molecular weight is 541 g/mol. The lowest BCUT2D eigenvalue weighted by atomic mass is 10.0. The molecule has 2 aromatic heterocycles. The van der Waals surface area contributed by atoms with Gasteiger partial charge >= 0.3 is 6.09 Å². The van der Waals surface area contributed by atoms with E-state index in [0.717, 1.165) is 5.39 Å². The molecule has 1 N–H and O–H groups in total. The predicted molar refractivity (Wildman–Crippen MR) is 134 cm³/mol. The number of rotatable bonds is 5. The SMILES string of the molecule is CC(C)(C)OC(=O)N1CC[C@@H](n2ccc3cnc(N[C@@H]4CCN(S(=O)(=O)C5CC5)C[C@H]4F)nc32)[C@@H](F)C1. The molecule has 2 aliphatic heterocycles. The molecule has 13 heteroatoms. The smallest absolute Gasteiger partial charge is 0.410 e. The number of anilines is 1. The molecule has 3 aliphatic rings. The van der Waals surface area contributed by atoms with Crippen LogP contribution in [0.15, 0.2) is 18.5 Å². The molecule has 0 aromatic carbocycles. The van der Waals surface area contributed by atoms with E-state index in [4.69, 9.17) is 4.74 Å². The summed E-state index contributed by atoms with van der Waals surface area (Å²) in [5.74, 6) is 0.209. The van der Waals surface area contributed by atoms with Crippen LogP contribution in [0.3, 0.4) is 0 Å². The number of sulfonamides is 1. The van der Waals surface area contributed by atoms with Gasteiger partial charge in [0.25, 0.3) is 0 Å². The number of carbonyl (C=O) groups is 1. The number of hydrogen-bond donors (Lipinski definition) is 1. The van der Waals surface area contributed by atoms with Crippen molar-refractivity contribution in [3.63, 3.8) is 0 Å². The highest BCUT2D eigenvalue weighted by atomic mass is 32.2. The molecule has 3 fully saturated rings. The van der Waals surface area contributed by atoms with E-state index in [-0.39, 0.29) is 30.8 Å². The molecule has 0 spiro atoms. The molecule has 2 saturated heterocycles. The van der Waals surface area contributed by atoms with Gasteiger partial charge in [0.1, 0.15) is 23.6 Å². The number of halogens is 2. The lowest BCUT2D eigenvalue weighted by Crippen LogP contribution is -2.50. The van der Waals surface area contributed by atoms with Crippen LogP contribution in [0.1, 0.15) is 52.5 Å². The van der Waals surface area contributed by atoms with Crippen molar-refractivity contribution in [2.45, 2.75) is 81.7 Å². The van der Waals surface area contributed by atoms with Gasteiger partial charge in [-0.25, -0.2) is 27.0 Å². The summed E-state index contributed by atoms with van der Waals surface area (Å²) in [6.07, 6.45) is 2.07. The Morgan fingerprint density at radius 1 is 1.11 bits per heavy atom. The van der Waals surface area contributed by atoms with E-state index < -0.39 is 46.1 Å². The maximum atomic E-state index is 15.3. The number of ether oxygens (including phenoxy) is 1. The second kappa shape index (κ2) is 9.64. The van der Waals surface area contributed by atoms with E-state index in [1.807, 2.05) is 0 Å². The Bertz CT molecular complexity index is 1260. The first-order valence-electron chi connectivity index (χ1n) is 12.8. The Hall–Kier alpha value is -2.54. The number of carbonyl (C=O) groups excluding carboxylic acids is 1. The van der Waals surface area contributed by atoms with Gasteiger partial charge in [0.15, 0.2) is 0 Å². The van der Waals surface area contributed by atoms with Crippen LogP contribution in [0.25, 0.3) is 11.0 Å². The van der Waals surface area contributed by atoms with Gasteiger partial charge in [0.05, 0.1) is 23.9 Å². The maximum Gasteiger partial charge on any atom is 0.410 e. The fourth-order valence-corrected chi connectivity index (χ4v) is 6.85. The number of fused-ring (bicyclic) bond motifs is 1. The van der Waals surface area contributed by atoms with E-state index in [2.05, 4.69) is 15.3 Å². The largest absolute Gasteiger partial charge is 0.444 e. The fraction of sp³-hybridized carbons (Fsp3) is 0.708. The van der Waals surface area contributed by atoms with Crippen LogP contribution in [-0.2, 0) is 14.8 Å². The van der Waals surface area contributed by atoms with Gasteiger partial charge in [-0.1, -0.05) is 0 Å². The van der Waals surface area contributed by atoms with Gasteiger partial charge in [-0.15, -0.1) is 0 Å². The van der Waals surface area contributed by atoms with E-state index in [0.29, 0.717) is 37.9 Å². The molecule has 10 nitrogen and oxygen atoms in total. The number of piperidine rings is 2. The van der Waals surface area contributed by atoms with E-state index in [9.17, 15) is 17.6 Å². The lowest BCUT2D eigenvalue weighted by Gasteiger charge is -2.36. The first kappa shape index (κ1) is 26.1. The number of aromatic nitrogens is 3. The second-order valence-corrected chi connectivity index (χ2v) is 13.4. The number of nitrogens with one attached hydrogen (secondary N) is 1. The van der Waals surface area contributed by atoms with Crippen molar-refractivity contribution in [1.82, 2.24) is 23.7 Å². The minimum absolute atomic E-state index is 0.0820. The second-order valence-electron chi connectivity index (χ2n) is 11.2. The average Bonchev–Trinajstić information content (AvgIpc) is 3.61. The Labute approximate surface area is 215 Å². The van der Waals surface area contributed by atoms with Crippen molar-refractivity contribution in [2.75, 3.05) is 31.5 Å². The molecule has 204 valence electrons. The highest BCUT2D eigenvalue weighted by molar-refractivity contribution is 7.90. The number of hydrogen-bond acceptors (Lipinski definition) is 7. The molecule has 5 rings (SSSR count). The Balaban J connectivity index is 1.26.